The smallest absolute Gasteiger partial charge is 0.133 e. The van der Waals surface area contributed by atoms with Gasteiger partial charge >= 0.3 is 0 Å². The zero-order valence-electron chi connectivity index (χ0n) is 8.34. The monoisotopic (exact) mass is 199 g/mol. The van der Waals surface area contributed by atoms with Crippen LogP contribution in [0.15, 0.2) is 18.2 Å². The highest BCUT2D eigenvalue weighted by Crippen LogP contribution is 2.13. The van der Waals surface area contributed by atoms with Crippen LogP contribution in [0, 0.1) is 5.82 Å². The molecular weight excluding hydrogens is 185 g/mol. The Morgan fingerprint density at radius 1 is 1.29 bits per heavy atom. The molecule has 78 valence electrons. The fraction of sp³-hybridized carbons (Fsp3) is 0.400. The lowest BCUT2D eigenvalue weighted by atomic mass is 10.1. The minimum Gasteiger partial charge on any atom is -0.380 e. The van der Waals surface area contributed by atoms with Crippen molar-refractivity contribution in [1.82, 2.24) is 5.48 Å². The van der Waals surface area contributed by atoms with E-state index in [0.717, 1.165) is 0 Å². The van der Waals surface area contributed by atoms with Gasteiger partial charge in [-0.3, -0.25) is 0 Å². The van der Waals surface area contributed by atoms with Crippen LogP contribution in [0.25, 0.3) is 0 Å². The third kappa shape index (κ3) is 2.77. The molecule has 0 atom stereocenters. The van der Waals surface area contributed by atoms with E-state index in [1.54, 1.807) is 25.3 Å². The van der Waals surface area contributed by atoms with Gasteiger partial charge in [0.1, 0.15) is 5.82 Å². The Morgan fingerprint density at radius 3 is 2.64 bits per heavy atom. The van der Waals surface area contributed by atoms with Crippen LogP contribution in [-0.2, 0) is 22.7 Å². The first-order valence-electron chi connectivity index (χ1n) is 4.30. The molecule has 4 heteroatoms. The Hall–Kier alpha value is -0.970. The van der Waals surface area contributed by atoms with Gasteiger partial charge in [-0.1, -0.05) is 18.2 Å². The summed E-state index contributed by atoms with van der Waals surface area (Å²) in [5.74, 6) is -0.237. The van der Waals surface area contributed by atoms with Crippen molar-refractivity contribution in [3.8, 4) is 0 Å². The molecule has 1 aromatic rings. The Bertz CT molecular complexity index is 291. The van der Waals surface area contributed by atoms with Gasteiger partial charge in [0.25, 0.3) is 0 Å². The Balaban J connectivity index is 2.78. The largest absolute Gasteiger partial charge is 0.380 e. The summed E-state index contributed by atoms with van der Waals surface area (Å²) in [6, 6.07) is 5.21. The van der Waals surface area contributed by atoms with Crippen molar-refractivity contribution in [2.24, 2.45) is 0 Å². The topological polar surface area (TPSA) is 30.5 Å². The number of rotatable bonds is 5. The maximum absolute atomic E-state index is 13.6. The van der Waals surface area contributed by atoms with E-state index in [1.807, 2.05) is 0 Å². The summed E-state index contributed by atoms with van der Waals surface area (Å²) in [4.78, 5) is 4.65. The van der Waals surface area contributed by atoms with Crippen LogP contribution < -0.4 is 5.48 Å². The lowest BCUT2D eigenvalue weighted by Crippen LogP contribution is -2.12. The van der Waals surface area contributed by atoms with Gasteiger partial charge in [0.15, 0.2) is 0 Å². The molecule has 0 aliphatic rings. The molecule has 0 saturated carbocycles. The zero-order chi connectivity index (χ0) is 10.4. The first kappa shape index (κ1) is 11.1. The van der Waals surface area contributed by atoms with E-state index in [1.165, 1.54) is 7.11 Å². The second-order valence-corrected chi connectivity index (χ2v) is 2.85. The predicted molar refractivity (Wildman–Crippen MR) is 51.0 cm³/mol. The maximum Gasteiger partial charge on any atom is 0.133 e. The number of hydrogen-bond acceptors (Lipinski definition) is 3. The highest BCUT2D eigenvalue weighted by Gasteiger charge is 2.06. The number of hydrogen-bond donors (Lipinski definition) is 1. The fourth-order valence-electron chi connectivity index (χ4n) is 1.19. The number of ether oxygens (including phenoxy) is 1. The van der Waals surface area contributed by atoms with Gasteiger partial charge in [-0.2, -0.15) is 5.48 Å². The molecular formula is C10H14FNO2. The second-order valence-electron chi connectivity index (χ2n) is 2.85. The van der Waals surface area contributed by atoms with E-state index in [2.05, 4.69) is 10.3 Å². The van der Waals surface area contributed by atoms with Crippen LogP contribution in [0.2, 0.25) is 0 Å². The molecule has 3 nitrogen and oxygen atoms in total. The lowest BCUT2D eigenvalue weighted by Gasteiger charge is -2.07. The van der Waals surface area contributed by atoms with Crippen LogP contribution in [0.1, 0.15) is 11.1 Å². The van der Waals surface area contributed by atoms with E-state index >= 15 is 0 Å². The van der Waals surface area contributed by atoms with Crippen molar-refractivity contribution >= 4 is 0 Å². The highest BCUT2D eigenvalue weighted by atomic mass is 19.1. The molecule has 0 aromatic heterocycles. The Kier molecular flexibility index (Phi) is 4.52. The Morgan fingerprint density at radius 2 is 2.00 bits per heavy atom. The number of benzene rings is 1. The standard InChI is InChI=1S/C10H14FNO2/c1-13-7-9-5-3-4-8(10(9)11)6-12-14-2/h3-5,12H,6-7H2,1-2H3. The van der Waals surface area contributed by atoms with Crippen molar-refractivity contribution in [1.29, 1.82) is 0 Å². The fourth-order valence-corrected chi connectivity index (χ4v) is 1.19. The molecule has 0 spiro atoms. The van der Waals surface area contributed by atoms with Crippen molar-refractivity contribution in [2.45, 2.75) is 13.2 Å². The van der Waals surface area contributed by atoms with Crippen LogP contribution >= 0.6 is 0 Å². The van der Waals surface area contributed by atoms with Gasteiger partial charge in [-0.25, -0.2) is 4.39 Å². The maximum atomic E-state index is 13.6. The summed E-state index contributed by atoms with van der Waals surface area (Å²) >= 11 is 0. The van der Waals surface area contributed by atoms with E-state index in [-0.39, 0.29) is 12.4 Å². The zero-order valence-corrected chi connectivity index (χ0v) is 8.34. The molecule has 0 saturated heterocycles. The minimum atomic E-state index is -0.237. The van der Waals surface area contributed by atoms with Crippen molar-refractivity contribution in [3.63, 3.8) is 0 Å². The average molecular weight is 199 g/mol. The van der Waals surface area contributed by atoms with Gasteiger partial charge < -0.3 is 9.57 Å². The molecule has 0 bridgehead atoms. The molecule has 0 unspecified atom stereocenters. The molecule has 14 heavy (non-hydrogen) atoms. The van der Waals surface area contributed by atoms with Gasteiger partial charge in [0.05, 0.1) is 13.7 Å². The predicted octanol–water partition coefficient (Wildman–Crippen LogP) is 1.62. The van der Waals surface area contributed by atoms with Gasteiger partial charge in [-0.15, -0.1) is 0 Å². The molecule has 0 aliphatic carbocycles. The molecule has 0 aliphatic heterocycles. The summed E-state index contributed by atoms with van der Waals surface area (Å²) in [6.45, 7) is 0.631. The molecule has 0 radical (unpaired) electrons. The van der Waals surface area contributed by atoms with Crippen LogP contribution in [0.4, 0.5) is 4.39 Å². The third-order valence-electron chi connectivity index (χ3n) is 1.87. The number of methoxy groups -OCH3 is 1. The first-order chi connectivity index (χ1) is 6.79. The van der Waals surface area contributed by atoms with E-state index < -0.39 is 0 Å². The van der Waals surface area contributed by atoms with Crippen LogP contribution in [0.3, 0.4) is 0 Å². The quantitative estimate of drug-likeness (QED) is 0.731. The number of hydroxylamine groups is 1. The summed E-state index contributed by atoms with van der Waals surface area (Å²) in [6.07, 6.45) is 0. The summed E-state index contributed by atoms with van der Waals surface area (Å²) in [7, 11) is 3.04. The van der Waals surface area contributed by atoms with Crippen molar-refractivity contribution in [2.75, 3.05) is 14.2 Å². The highest BCUT2D eigenvalue weighted by molar-refractivity contribution is 5.25. The molecule has 0 amide bonds. The van der Waals surface area contributed by atoms with Crippen LogP contribution in [-0.4, -0.2) is 14.2 Å². The van der Waals surface area contributed by atoms with Crippen LogP contribution in [0.5, 0.6) is 0 Å². The SMILES string of the molecule is COCc1cccc(CNOC)c1F. The summed E-state index contributed by atoms with van der Waals surface area (Å²) in [5.41, 5.74) is 3.72. The number of halogens is 1. The van der Waals surface area contributed by atoms with Crippen molar-refractivity contribution < 1.29 is 14.0 Å². The van der Waals surface area contributed by atoms with Gasteiger partial charge in [0.2, 0.25) is 0 Å². The van der Waals surface area contributed by atoms with E-state index in [9.17, 15) is 4.39 Å². The normalized spacial score (nSPS) is 10.5. The van der Waals surface area contributed by atoms with Gasteiger partial charge in [-0.05, 0) is 0 Å². The molecule has 1 rings (SSSR count). The first-order valence-corrected chi connectivity index (χ1v) is 4.30. The third-order valence-corrected chi connectivity index (χ3v) is 1.87. The molecule has 1 N–H and O–H groups in total. The molecule has 1 aromatic carbocycles. The Labute approximate surface area is 82.8 Å². The van der Waals surface area contributed by atoms with Crippen molar-refractivity contribution in [3.05, 3.63) is 35.1 Å². The second kappa shape index (κ2) is 5.70. The molecule has 0 heterocycles. The summed E-state index contributed by atoms with van der Waals surface area (Å²) < 4.78 is 18.5. The lowest BCUT2D eigenvalue weighted by molar-refractivity contribution is 0.0857. The van der Waals surface area contributed by atoms with Gasteiger partial charge in [0, 0.05) is 24.8 Å². The summed E-state index contributed by atoms with van der Waals surface area (Å²) in [5, 5.41) is 0. The van der Waals surface area contributed by atoms with E-state index in [0.29, 0.717) is 17.7 Å². The molecule has 0 fully saturated rings. The number of nitrogens with one attached hydrogen (secondary N) is 1. The average Bonchev–Trinajstić information content (AvgIpc) is 2.20. The minimum absolute atomic E-state index is 0.237. The van der Waals surface area contributed by atoms with E-state index in [4.69, 9.17) is 4.74 Å².